The third-order valence-corrected chi connectivity index (χ3v) is 2.43. The van der Waals surface area contributed by atoms with Crippen LogP contribution < -0.4 is 5.48 Å². The average molecular weight is 195 g/mol. The third-order valence-electron chi connectivity index (χ3n) is 2.43. The molecule has 1 rings (SSSR count). The Morgan fingerprint density at radius 1 is 1.36 bits per heavy atom. The molecule has 1 aromatic rings. The molecule has 0 aromatic heterocycles. The van der Waals surface area contributed by atoms with Crippen LogP contribution in [0, 0.1) is 6.92 Å². The van der Waals surface area contributed by atoms with Crippen molar-refractivity contribution in [3.63, 3.8) is 0 Å². The minimum absolute atomic E-state index is 0.276. The van der Waals surface area contributed by atoms with Crippen LogP contribution >= 0.6 is 0 Å². The highest BCUT2D eigenvalue weighted by atomic mass is 16.5. The first-order valence-corrected chi connectivity index (χ1v) is 4.76. The molecule has 14 heavy (non-hydrogen) atoms. The van der Waals surface area contributed by atoms with Crippen molar-refractivity contribution >= 4 is 0 Å². The van der Waals surface area contributed by atoms with Gasteiger partial charge in [-0.3, -0.25) is 0 Å². The summed E-state index contributed by atoms with van der Waals surface area (Å²) in [6.07, 6.45) is 0. The molecular formula is C11H17NO2. The van der Waals surface area contributed by atoms with Gasteiger partial charge in [0.05, 0.1) is 0 Å². The second-order valence-electron chi connectivity index (χ2n) is 3.79. The Kier molecular flexibility index (Phi) is 3.49. The number of hydrogen-bond acceptors (Lipinski definition) is 3. The van der Waals surface area contributed by atoms with Crippen molar-refractivity contribution < 1.29 is 10.3 Å². The van der Waals surface area contributed by atoms with Crippen LogP contribution in [0.1, 0.15) is 36.5 Å². The number of nitrogens with one attached hydrogen (secondary N) is 1. The van der Waals surface area contributed by atoms with Crippen molar-refractivity contribution in [2.24, 2.45) is 0 Å². The predicted octanol–water partition coefficient (Wildman–Crippen LogP) is 2.30. The lowest BCUT2D eigenvalue weighted by Gasteiger charge is -2.14. The Morgan fingerprint density at radius 2 is 2.00 bits per heavy atom. The van der Waals surface area contributed by atoms with E-state index in [1.54, 1.807) is 0 Å². The molecule has 0 fully saturated rings. The number of benzene rings is 1. The van der Waals surface area contributed by atoms with E-state index in [9.17, 15) is 5.11 Å². The zero-order chi connectivity index (χ0) is 10.7. The van der Waals surface area contributed by atoms with Crippen molar-refractivity contribution in [2.75, 3.05) is 0 Å². The van der Waals surface area contributed by atoms with Gasteiger partial charge in [0.15, 0.2) is 0 Å². The van der Waals surface area contributed by atoms with Gasteiger partial charge in [-0.25, -0.2) is 5.48 Å². The van der Waals surface area contributed by atoms with Gasteiger partial charge in [0.25, 0.3) is 0 Å². The minimum atomic E-state index is 0.276. The number of aromatic hydroxyl groups is 1. The molecule has 3 N–H and O–H groups in total. The van der Waals surface area contributed by atoms with Crippen molar-refractivity contribution in [1.29, 1.82) is 0 Å². The largest absolute Gasteiger partial charge is 0.507 e. The smallest absolute Gasteiger partial charge is 0.123 e. The van der Waals surface area contributed by atoms with Crippen molar-refractivity contribution in [1.82, 2.24) is 5.48 Å². The SMILES string of the molecule is Cc1ccc(C(C)C)c(O)c1CNO. The monoisotopic (exact) mass is 195 g/mol. The Hall–Kier alpha value is -1.06. The van der Waals surface area contributed by atoms with E-state index in [1.165, 1.54) is 0 Å². The van der Waals surface area contributed by atoms with E-state index in [0.717, 1.165) is 16.7 Å². The Morgan fingerprint density at radius 3 is 2.50 bits per heavy atom. The molecule has 0 aliphatic carbocycles. The summed E-state index contributed by atoms with van der Waals surface area (Å²) in [5.41, 5.74) is 4.73. The molecule has 0 amide bonds. The fraction of sp³-hybridized carbons (Fsp3) is 0.455. The molecule has 0 unspecified atom stereocenters. The average Bonchev–Trinajstić information content (AvgIpc) is 2.11. The molecule has 1 aromatic carbocycles. The topological polar surface area (TPSA) is 52.5 Å². The summed E-state index contributed by atoms with van der Waals surface area (Å²) in [6, 6.07) is 3.89. The summed E-state index contributed by atoms with van der Waals surface area (Å²) in [5, 5.41) is 18.6. The molecule has 0 atom stereocenters. The highest BCUT2D eigenvalue weighted by molar-refractivity contribution is 5.46. The normalized spacial score (nSPS) is 10.9. The van der Waals surface area contributed by atoms with Gasteiger partial charge in [-0.05, 0) is 24.0 Å². The number of hydroxylamine groups is 1. The summed E-state index contributed by atoms with van der Waals surface area (Å²) >= 11 is 0. The third kappa shape index (κ3) is 2.05. The first-order chi connectivity index (χ1) is 6.57. The summed E-state index contributed by atoms with van der Waals surface area (Å²) in [6.45, 7) is 6.25. The van der Waals surface area contributed by atoms with E-state index < -0.39 is 0 Å². The summed E-state index contributed by atoms with van der Waals surface area (Å²) in [4.78, 5) is 0. The Labute approximate surface area is 84.3 Å². The lowest BCUT2D eigenvalue weighted by molar-refractivity contribution is 0.160. The van der Waals surface area contributed by atoms with Crippen LogP contribution in [0.2, 0.25) is 0 Å². The molecule has 0 aliphatic rings. The quantitative estimate of drug-likeness (QED) is 0.649. The molecule has 0 spiro atoms. The van der Waals surface area contributed by atoms with E-state index in [1.807, 2.05) is 32.9 Å². The fourth-order valence-corrected chi connectivity index (χ4v) is 1.52. The van der Waals surface area contributed by atoms with Crippen LogP contribution in [0.25, 0.3) is 0 Å². The van der Waals surface area contributed by atoms with Crippen LogP contribution in [-0.4, -0.2) is 10.3 Å². The number of phenols is 1. The Balaban J connectivity index is 3.19. The standard InChI is InChI=1S/C11H17NO2/c1-7(2)9-5-4-8(3)10(6-12-14)11(9)13/h4-5,7,12-14H,6H2,1-3H3. The zero-order valence-corrected chi connectivity index (χ0v) is 8.83. The van der Waals surface area contributed by atoms with Gasteiger partial charge in [-0.2, -0.15) is 0 Å². The van der Waals surface area contributed by atoms with Gasteiger partial charge in [0, 0.05) is 12.1 Å². The summed E-state index contributed by atoms with van der Waals surface area (Å²) < 4.78 is 0. The fourth-order valence-electron chi connectivity index (χ4n) is 1.52. The summed E-state index contributed by atoms with van der Waals surface area (Å²) in [7, 11) is 0. The van der Waals surface area contributed by atoms with E-state index in [-0.39, 0.29) is 12.5 Å². The molecule has 78 valence electrons. The van der Waals surface area contributed by atoms with Crippen LogP contribution in [0.15, 0.2) is 12.1 Å². The van der Waals surface area contributed by atoms with E-state index in [2.05, 4.69) is 5.48 Å². The molecule has 0 aliphatic heterocycles. The summed E-state index contributed by atoms with van der Waals surface area (Å²) in [5.74, 6) is 0.578. The first-order valence-electron chi connectivity index (χ1n) is 4.76. The molecular weight excluding hydrogens is 178 g/mol. The Bertz CT molecular complexity index is 321. The van der Waals surface area contributed by atoms with Crippen LogP contribution in [0.4, 0.5) is 0 Å². The van der Waals surface area contributed by atoms with E-state index in [0.29, 0.717) is 5.75 Å². The number of aryl methyl sites for hydroxylation is 1. The van der Waals surface area contributed by atoms with Crippen LogP contribution in [0.5, 0.6) is 5.75 Å². The van der Waals surface area contributed by atoms with Gasteiger partial charge in [-0.1, -0.05) is 26.0 Å². The maximum Gasteiger partial charge on any atom is 0.123 e. The predicted molar refractivity (Wildman–Crippen MR) is 55.6 cm³/mol. The number of hydrogen-bond donors (Lipinski definition) is 3. The lowest BCUT2D eigenvalue weighted by atomic mass is 9.96. The van der Waals surface area contributed by atoms with Crippen molar-refractivity contribution in [3.05, 3.63) is 28.8 Å². The molecule has 0 saturated heterocycles. The van der Waals surface area contributed by atoms with E-state index >= 15 is 0 Å². The van der Waals surface area contributed by atoms with Crippen molar-refractivity contribution in [2.45, 2.75) is 33.2 Å². The number of phenolic OH excluding ortho intramolecular Hbond substituents is 1. The van der Waals surface area contributed by atoms with E-state index in [4.69, 9.17) is 5.21 Å². The number of rotatable bonds is 3. The molecule has 0 radical (unpaired) electrons. The second-order valence-corrected chi connectivity index (χ2v) is 3.79. The maximum atomic E-state index is 9.92. The molecule has 3 nitrogen and oxygen atoms in total. The molecule has 3 heteroatoms. The molecule has 0 saturated carbocycles. The van der Waals surface area contributed by atoms with Gasteiger partial charge >= 0.3 is 0 Å². The van der Waals surface area contributed by atoms with Gasteiger partial charge in [-0.15, -0.1) is 0 Å². The highest BCUT2D eigenvalue weighted by Crippen LogP contribution is 2.30. The lowest BCUT2D eigenvalue weighted by Crippen LogP contribution is -2.08. The van der Waals surface area contributed by atoms with Gasteiger partial charge < -0.3 is 10.3 Å². The zero-order valence-electron chi connectivity index (χ0n) is 8.83. The maximum absolute atomic E-state index is 9.92. The highest BCUT2D eigenvalue weighted by Gasteiger charge is 2.11. The molecule has 0 heterocycles. The second kappa shape index (κ2) is 4.44. The van der Waals surface area contributed by atoms with Crippen molar-refractivity contribution in [3.8, 4) is 5.75 Å². The van der Waals surface area contributed by atoms with Gasteiger partial charge in [0.1, 0.15) is 5.75 Å². The van der Waals surface area contributed by atoms with Gasteiger partial charge in [0.2, 0.25) is 0 Å². The first kappa shape index (κ1) is 11.0. The van der Waals surface area contributed by atoms with Crippen LogP contribution in [0.3, 0.4) is 0 Å². The van der Waals surface area contributed by atoms with Crippen LogP contribution in [-0.2, 0) is 6.54 Å². The minimum Gasteiger partial charge on any atom is -0.507 e. The molecule has 0 bridgehead atoms.